The lowest BCUT2D eigenvalue weighted by molar-refractivity contribution is 0.0696. The summed E-state index contributed by atoms with van der Waals surface area (Å²) < 4.78 is 2.04. The Bertz CT molecular complexity index is 337. The van der Waals surface area contributed by atoms with Crippen molar-refractivity contribution in [2.75, 3.05) is 0 Å². The van der Waals surface area contributed by atoms with Crippen molar-refractivity contribution in [2.45, 2.75) is 26.3 Å². The summed E-state index contributed by atoms with van der Waals surface area (Å²) in [6.45, 7) is 2.85. The monoisotopic (exact) mass is 179 g/mol. The van der Waals surface area contributed by atoms with Crippen LogP contribution in [0.4, 0.5) is 0 Å². The Morgan fingerprint density at radius 3 is 2.85 bits per heavy atom. The SMILES string of the molecule is Cc1c(C(=O)O)ccn1CC1CC1. The molecule has 3 nitrogen and oxygen atoms in total. The molecular weight excluding hydrogens is 166 g/mol. The van der Waals surface area contributed by atoms with E-state index < -0.39 is 5.97 Å². The highest BCUT2D eigenvalue weighted by Crippen LogP contribution is 2.31. The van der Waals surface area contributed by atoms with Crippen LogP contribution in [0.25, 0.3) is 0 Å². The van der Waals surface area contributed by atoms with Crippen molar-refractivity contribution in [1.29, 1.82) is 0 Å². The number of rotatable bonds is 3. The van der Waals surface area contributed by atoms with Crippen molar-refractivity contribution < 1.29 is 9.90 Å². The van der Waals surface area contributed by atoms with Crippen molar-refractivity contribution >= 4 is 5.97 Å². The first-order valence-corrected chi connectivity index (χ1v) is 4.57. The standard InChI is InChI=1S/C10H13NO2/c1-7-9(10(12)13)4-5-11(7)6-8-2-3-8/h4-5,8H,2-3,6H2,1H3,(H,12,13). The molecule has 3 heteroatoms. The van der Waals surface area contributed by atoms with Crippen LogP contribution in [0, 0.1) is 12.8 Å². The summed E-state index contributed by atoms with van der Waals surface area (Å²) in [4.78, 5) is 10.7. The summed E-state index contributed by atoms with van der Waals surface area (Å²) in [5.41, 5.74) is 1.31. The van der Waals surface area contributed by atoms with Gasteiger partial charge in [0.25, 0.3) is 0 Å². The van der Waals surface area contributed by atoms with Gasteiger partial charge in [0.2, 0.25) is 0 Å². The summed E-state index contributed by atoms with van der Waals surface area (Å²) in [5, 5.41) is 8.82. The maximum absolute atomic E-state index is 10.7. The van der Waals surface area contributed by atoms with Crippen molar-refractivity contribution in [1.82, 2.24) is 4.57 Å². The summed E-state index contributed by atoms with van der Waals surface area (Å²) in [6.07, 6.45) is 4.46. The quantitative estimate of drug-likeness (QED) is 0.770. The van der Waals surface area contributed by atoms with Crippen molar-refractivity contribution in [3.8, 4) is 0 Å². The number of nitrogens with zero attached hydrogens (tertiary/aromatic N) is 1. The molecule has 1 aliphatic carbocycles. The van der Waals surface area contributed by atoms with Gasteiger partial charge in [-0.2, -0.15) is 0 Å². The smallest absolute Gasteiger partial charge is 0.337 e. The minimum atomic E-state index is -0.827. The number of carboxylic acids is 1. The number of carboxylic acid groups (broad SMARTS) is 1. The highest BCUT2D eigenvalue weighted by atomic mass is 16.4. The topological polar surface area (TPSA) is 42.2 Å². The fraction of sp³-hybridized carbons (Fsp3) is 0.500. The van der Waals surface area contributed by atoms with Crippen molar-refractivity contribution in [3.63, 3.8) is 0 Å². The predicted octanol–water partition coefficient (Wildman–Crippen LogP) is 1.90. The summed E-state index contributed by atoms with van der Waals surface area (Å²) in [7, 11) is 0. The second-order valence-corrected chi connectivity index (χ2v) is 3.72. The van der Waals surface area contributed by atoms with E-state index in [1.165, 1.54) is 12.8 Å². The number of hydrogen-bond donors (Lipinski definition) is 1. The molecule has 1 aromatic rings. The lowest BCUT2D eigenvalue weighted by Crippen LogP contribution is -2.03. The molecule has 0 bridgehead atoms. The molecule has 1 saturated carbocycles. The van der Waals surface area contributed by atoms with Gasteiger partial charge in [-0.15, -0.1) is 0 Å². The molecule has 1 heterocycles. The third-order valence-corrected chi connectivity index (χ3v) is 2.62. The highest BCUT2D eigenvalue weighted by Gasteiger charge is 2.23. The van der Waals surface area contributed by atoms with E-state index in [0.717, 1.165) is 18.2 Å². The molecular formula is C10H13NO2. The Kier molecular flexibility index (Phi) is 1.87. The highest BCUT2D eigenvalue weighted by molar-refractivity contribution is 5.88. The zero-order valence-corrected chi connectivity index (χ0v) is 7.66. The lowest BCUT2D eigenvalue weighted by Gasteiger charge is -2.04. The van der Waals surface area contributed by atoms with E-state index in [9.17, 15) is 4.79 Å². The predicted molar refractivity (Wildman–Crippen MR) is 48.9 cm³/mol. The number of hydrogen-bond acceptors (Lipinski definition) is 1. The van der Waals surface area contributed by atoms with Gasteiger partial charge in [0.05, 0.1) is 5.56 Å². The van der Waals surface area contributed by atoms with Gasteiger partial charge in [-0.25, -0.2) is 4.79 Å². The lowest BCUT2D eigenvalue weighted by atomic mass is 10.2. The molecule has 1 aliphatic rings. The van der Waals surface area contributed by atoms with E-state index in [4.69, 9.17) is 5.11 Å². The molecule has 1 fully saturated rings. The van der Waals surface area contributed by atoms with Crippen LogP contribution in [0.2, 0.25) is 0 Å². The van der Waals surface area contributed by atoms with Crippen LogP contribution < -0.4 is 0 Å². The molecule has 70 valence electrons. The van der Waals surface area contributed by atoms with Gasteiger partial charge >= 0.3 is 5.97 Å². The number of carbonyl (C=O) groups is 1. The Morgan fingerprint density at radius 1 is 1.69 bits per heavy atom. The first kappa shape index (κ1) is 8.35. The molecule has 2 rings (SSSR count). The largest absolute Gasteiger partial charge is 0.478 e. The molecule has 0 unspecified atom stereocenters. The molecule has 1 N–H and O–H groups in total. The minimum absolute atomic E-state index is 0.431. The number of aromatic nitrogens is 1. The second kappa shape index (κ2) is 2.91. The maximum Gasteiger partial charge on any atom is 0.337 e. The van der Waals surface area contributed by atoms with Gasteiger partial charge in [0, 0.05) is 18.4 Å². The maximum atomic E-state index is 10.7. The van der Waals surface area contributed by atoms with E-state index >= 15 is 0 Å². The molecule has 0 aromatic carbocycles. The Balaban J connectivity index is 2.21. The normalized spacial score (nSPS) is 16.1. The summed E-state index contributed by atoms with van der Waals surface area (Å²) >= 11 is 0. The molecule has 1 aromatic heterocycles. The third-order valence-electron chi connectivity index (χ3n) is 2.62. The molecule has 0 aliphatic heterocycles. The van der Waals surface area contributed by atoms with Gasteiger partial charge < -0.3 is 9.67 Å². The third kappa shape index (κ3) is 1.59. The molecule has 0 radical (unpaired) electrons. The van der Waals surface area contributed by atoms with Crippen LogP contribution in [-0.4, -0.2) is 15.6 Å². The Hall–Kier alpha value is -1.25. The molecule has 0 spiro atoms. The first-order valence-electron chi connectivity index (χ1n) is 4.57. The van der Waals surface area contributed by atoms with E-state index in [1.54, 1.807) is 6.07 Å². The van der Waals surface area contributed by atoms with Crippen LogP contribution in [0.1, 0.15) is 28.9 Å². The fourth-order valence-corrected chi connectivity index (χ4v) is 1.55. The molecule has 0 atom stereocenters. The average Bonchev–Trinajstić information content (AvgIpc) is 2.78. The van der Waals surface area contributed by atoms with Crippen LogP contribution in [0.3, 0.4) is 0 Å². The van der Waals surface area contributed by atoms with Crippen molar-refractivity contribution in [2.24, 2.45) is 5.92 Å². The van der Waals surface area contributed by atoms with Crippen molar-refractivity contribution in [3.05, 3.63) is 23.5 Å². The summed E-state index contributed by atoms with van der Waals surface area (Å²) in [6, 6.07) is 1.68. The summed E-state index contributed by atoms with van der Waals surface area (Å²) in [5.74, 6) is -0.0419. The van der Waals surface area contributed by atoms with E-state index in [-0.39, 0.29) is 0 Å². The van der Waals surface area contributed by atoms with Gasteiger partial charge in [-0.1, -0.05) is 0 Å². The van der Waals surface area contributed by atoms with Gasteiger partial charge in [-0.05, 0) is 31.7 Å². The molecule has 13 heavy (non-hydrogen) atoms. The van der Waals surface area contributed by atoms with Gasteiger partial charge in [0.15, 0.2) is 0 Å². The van der Waals surface area contributed by atoms with E-state index in [1.807, 2.05) is 17.7 Å². The Labute approximate surface area is 77.0 Å². The molecule has 0 saturated heterocycles. The second-order valence-electron chi connectivity index (χ2n) is 3.72. The number of aromatic carboxylic acids is 1. The van der Waals surface area contributed by atoms with Crippen LogP contribution in [-0.2, 0) is 6.54 Å². The van der Waals surface area contributed by atoms with Crippen LogP contribution >= 0.6 is 0 Å². The van der Waals surface area contributed by atoms with E-state index in [0.29, 0.717) is 5.56 Å². The fourth-order valence-electron chi connectivity index (χ4n) is 1.55. The zero-order chi connectivity index (χ0) is 9.42. The zero-order valence-electron chi connectivity index (χ0n) is 7.66. The average molecular weight is 179 g/mol. The van der Waals surface area contributed by atoms with Crippen LogP contribution in [0.15, 0.2) is 12.3 Å². The first-order chi connectivity index (χ1) is 6.18. The van der Waals surface area contributed by atoms with Gasteiger partial charge in [-0.3, -0.25) is 0 Å². The van der Waals surface area contributed by atoms with E-state index in [2.05, 4.69) is 0 Å². The van der Waals surface area contributed by atoms with Crippen LogP contribution in [0.5, 0.6) is 0 Å². The Morgan fingerprint density at radius 2 is 2.38 bits per heavy atom. The van der Waals surface area contributed by atoms with Gasteiger partial charge in [0.1, 0.15) is 0 Å². The minimum Gasteiger partial charge on any atom is -0.478 e. The molecule has 0 amide bonds.